The summed E-state index contributed by atoms with van der Waals surface area (Å²) < 4.78 is 0. The van der Waals surface area contributed by atoms with Crippen LogP contribution in [-0.2, 0) is 4.79 Å². The van der Waals surface area contributed by atoms with Crippen LogP contribution in [0.5, 0.6) is 0 Å². The molecule has 0 saturated heterocycles. The average Bonchev–Trinajstić information content (AvgIpc) is 2.46. The first kappa shape index (κ1) is 16.0. The van der Waals surface area contributed by atoms with E-state index in [2.05, 4.69) is 10.3 Å². The number of aryl methyl sites for hydroxylation is 1. The Kier molecular flexibility index (Phi) is 5.12. The van der Waals surface area contributed by atoms with Gasteiger partial charge in [0.1, 0.15) is 5.69 Å². The van der Waals surface area contributed by atoms with Crippen molar-refractivity contribution in [3.8, 4) is 0 Å². The predicted octanol–water partition coefficient (Wildman–Crippen LogP) is 2.99. The summed E-state index contributed by atoms with van der Waals surface area (Å²) in [5.74, 6) is -1.46. The Labute approximate surface area is 133 Å². The van der Waals surface area contributed by atoms with Crippen LogP contribution in [-0.4, -0.2) is 22.0 Å². The van der Waals surface area contributed by atoms with E-state index in [9.17, 15) is 9.59 Å². The molecule has 1 heterocycles. The van der Waals surface area contributed by atoms with E-state index in [1.54, 1.807) is 36.4 Å². The number of nitrogens with zero attached hydrogens (tertiary/aromatic N) is 1. The highest BCUT2D eigenvalue weighted by molar-refractivity contribution is 6.31. The lowest BCUT2D eigenvalue weighted by Crippen LogP contribution is -2.31. The van der Waals surface area contributed by atoms with Crippen LogP contribution in [0.15, 0.2) is 42.6 Å². The molecule has 0 unspecified atom stereocenters. The molecule has 0 fully saturated rings. The molecule has 6 heteroatoms. The Bertz CT molecular complexity index is 703. The van der Waals surface area contributed by atoms with Gasteiger partial charge in [0.15, 0.2) is 0 Å². The highest BCUT2D eigenvalue weighted by Gasteiger charge is 2.21. The number of benzene rings is 1. The molecule has 1 aromatic carbocycles. The molecule has 2 rings (SSSR count). The zero-order chi connectivity index (χ0) is 16.1. The van der Waals surface area contributed by atoms with Gasteiger partial charge in [-0.1, -0.05) is 29.8 Å². The Balaban J connectivity index is 2.25. The summed E-state index contributed by atoms with van der Waals surface area (Å²) in [4.78, 5) is 27.3. The topological polar surface area (TPSA) is 79.3 Å². The monoisotopic (exact) mass is 318 g/mol. The molecule has 0 saturated carbocycles. The lowest BCUT2D eigenvalue weighted by Gasteiger charge is -2.18. The molecule has 2 aromatic rings. The molecule has 1 amide bonds. The van der Waals surface area contributed by atoms with Gasteiger partial charge in [0, 0.05) is 11.2 Å². The van der Waals surface area contributed by atoms with Crippen LogP contribution in [0.3, 0.4) is 0 Å². The highest BCUT2D eigenvalue weighted by Crippen LogP contribution is 2.25. The summed E-state index contributed by atoms with van der Waals surface area (Å²) in [7, 11) is 0. The van der Waals surface area contributed by atoms with Gasteiger partial charge in [0.05, 0.1) is 12.5 Å². The van der Waals surface area contributed by atoms with Crippen molar-refractivity contribution < 1.29 is 14.7 Å². The van der Waals surface area contributed by atoms with Crippen LogP contribution >= 0.6 is 11.6 Å². The molecule has 0 spiro atoms. The van der Waals surface area contributed by atoms with E-state index in [0.29, 0.717) is 10.6 Å². The number of carbonyl (C=O) groups is 2. The lowest BCUT2D eigenvalue weighted by atomic mass is 10.0. The molecular weight excluding hydrogens is 304 g/mol. The molecule has 22 heavy (non-hydrogen) atoms. The predicted molar refractivity (Wildman–Crippen MR) is 82.9 cm³/mol. The quantitative estimate of drug-likeness (QED) is 0.888. The van der Waals surface area contributed by atoms with Gasteiger partial charge in [0.2, 0.25) is 0 Å². The molecule has 0 aliphatic heterocycles. The number of carboxylic acids is 1. The van der Waals surface area contributed by atoms with E-state index in [1.165, 1.54) is 6.20 Å². The zero-order valence-corrected chi connectivity index (χ0v) is 12.7. The molecule has 5 nitrogen and oxygen atoms in total. The van der Waals surface area contributed by atoms with Gasteiger partial charge >= 0.3 is 5.97 Å². The van der Waals surface area contributed by atoms with Crippen molar-refractivity contribution in [1.29, 1.82) is 0 Å². The molecule has 114 valence electrons. The van der Waals surface area contributed by atoms with Crippen LogP contribution in [0.1, 0.15) is 34.1 Å². The highest BCUT2D eigenvalue weighted by atomic mass is 35.5. The Morgan fingerprint density at radius 1 is 1.32 bits per heavy atom. The number of nitrogens with one attached hydrogen (secondary N) is 1. The summed E-state index contributed by atoms with van der Waals surface area (Å²) in [6.07, 6.45) is 1.27. The number of pyridine rings is 1. The van der Waals surface area contributed by atoms with Crippen LogP contribution in [0, 0.1) is 6.92 Å². The van der Waals surface area contributed by atoms with Gasteiger partial charge in [0.25, 0.3) is 5.91 Å². The van der Waals surface area contributed by atoms with Crippen LogP contribution in [0.2, 0.25) is 5.02 Å². The zero-order valence-electron chi connectivity index (χ0n) is 11.9. The maximum absolute atomic E-state index is 12.3. The molecule has 0 bridgehead atoms. The van der Waals surface area contributed by atoms with Crippen molar-refractivity contribution >= 4 is 23.5 Å². The fourth-order valence-electron chi connectivity index (χ4n) is 2.06. The van der Waals surface area contributed by atoms with E-state index in [1.807, 2.05) is 6.92 Å². The minimum atomic E-state index is -1.03. The van der Waals surface area contributed by atoms with Crippen molar-refractivity contribution in [2.45, 2.75) is 19.4 Å². The number of amides is 1. The molecule has 0 radical (unpaired) electrons. The number of carbonyl (C=O) groups excluding carboxylic acids is 1. The fourth-order valence-corrected chi connectivity index (χ4v) is 2.33. The lowest BCUT2D eigenvalue weighted by molar-refractivity contribution is -0.137. The van der Waals surface area contributed by atoms with E-state index in [4.69, 9.17) is 16.7 Å². The third kappa shape index (κ3) is 4.05. The van der Waals surface area contributed by atoms with Crippen molar-refractivity contribution in [2.75, 3.05) is 0 Å². The van der Waals surface area contributed by atoms with Crippen LogP contribution in [0.25, 0.3) is 0 Å². The maximum Gasteiger partial charge on any atom is 0.305 e. The normalized spacial score (nSPS) is 11.7. The second-order valence-corrected chi connectivity index (χ2v) is 5.27. The third-order valence-electron chi connectivity index (χ3n) is 3.11. The molecule has 2 N–H and O–H groups in total. The summed E-state index contributed by atoms with van der Waals surface area (Å²) in [6.45, 7) is 1.85. The standard InChI is InChI=1S/C16H15ClN2O3/c1-10-6-7-18-14(8-10)16(22)19-13(9-15(20)21)11-4-2-3-5-12(11)17/h2-8,13H,9H2,1H3,(H,19,22)(H,20,21)/t13-/m0/s1. The first-order valence-corrected chi connectivity index (χ1v) is 7.05. The first-order valence-electron chi connectivity index (χ1n) is 6.67. The van der Waals surface area contributed by atoms with Crippen molar-refractivity contribution in [3.05, 3.63) is 64.4 Å². The smallest absolute Gasteiger partial charge is 0.305 e. The van der Waals surface area contributed by atoms with Crippen LogP contribution < -0.4 is 5.32 Å². The van der Waals surface area contributed by atoms with Gasteiger partial charge in [-0.3, -0.25) is 14.6 Å². The van der Waals surface area contributed by atoms with E-state index in [0.717, 1.165) is 5.56 Å². The number of hydrogen-bond acceptors (Lipinski definition) is 3. The average molecular weight is 319 g/mol. The number of rotatable bonds is 5. The second-order valence-electron chi connectivity index (χ2n) is 4.86. The molecular formula is C16H15ClN2O3. The second kappa shape index (κ2) is 7.04. The number of hydrogen-bond donors (Lipinski definition) is 2. The Morgan fingerprint density at radius 2 is 2.05 bits per heavy atom. The number of aromatic nitrogens is 1. The summed E-state index contributed by atoms with van der Waals surface area (Å²) in [6, 6.07) is 9.53. The van der Waals surface area contributed by atoms with Gasteiger partial charge < -0.3 is 10.4 Å². The van der Waals surface area contributed by atoms with E-state index >= 15 is 0 Å². The van der Waals surface area contributed by atoms with Gasteiger partial charge in [-0.15, -0.1) is 0 Å². The first-order chi connectivity index (χ1) is 10.5. The van der Waals surface area contributed by atoms with E-state index < -0.39 is 17.9 Å². The van der Waals surface area contributed by atoms with Crippen LogP contribution in [0.4, 0.5) is 0 Å². The van der Waals surface area contributed by atoms with Gasteiger partial charge in [-0.05, 0) is 36.2 Å². The number of halogens is 1. The molecule has 0 aliphatic carbocycles. The largest absolute Gasteiger partial charge is 0.481 e. The molecule has 1 atom stereocenters. The third-order valence-corrected chi connectivity index (χ3v) is 3.46. The fraction of sp³-hybridized carbons (Fsp3) is 0.188. The molecule has 1 aromatic heterocycles. The minimum Gasteiger partial charge on any atom is -0.481 e. The summed E-state index contributed by atoms with van der Waals surface area (Å²) in [5.41, 5.74) is 1.70. The SMILES string of the molecule is Cc1ccnc(C(=O)N[C@@H](CC(=O)O)c2ccccc2Cl)c1. The molecule has 0 aliphatic rings. The maximum atomic E-state index is 12.3. The summed E-state index contributed by atoms with van der Waals surface area (Å²) >= 11 is 6.10. The van der Waals surface area contributed by atoms with Crippen molar-refractivity contribution in [3.63, 3.8) is 0 Å². The van der Waals surface area contributed by atoms with Crippen molar-refractivity contribution in [2.24, 2.45) is 0 Å². The Morgan fingerprint density at radius 3 is 2.68 bits per heavy atom. The van der Waals surface area contributed by atoms with Crippen molar-refractivity contribution in [1.82, 2.24) is 10.3 Å². The number of aliphatic carboxylic acids is 1. The van der Waals surface area contributed by atoms with Gasteiger partial charge in [-0.2, -0.15) is 0 Å². The summed E-state index contributed by atoms with van der Waals surface area (Å²) in [5, 5.41) is 12.1. The minimum absolute atomic E-state index is 0.238. The van der Waals surface area contributed by atoms with Gasteiger partial charge in [-0.25, -0.2) is 0 Å². The van der Waals surface area contributed by atoms with E-state index in [-0.39, 0.29) is 12.1 Å². The Hall–Kier alpha value is -2.40. The number of carboxylic acid groups (broad SMARTS) is 1.